The van der Waals surface area contributed by atoms with Gasteiger partial charge in [-0.05, 0) is 29.8 Å². The van der Waals surface area contributed by atoms with Crippen molar-refractivity contribution < 1.29 is 14.3 Å². The number of hydrogen-bond donors (Lipinski definition) is 0. The topological polar surface area (TPSA) is 53.4 Å². The summed E-state index contributed by atoms with van der Waals surface area (Å²) in [6, 6.07) is 9.49. The zero-order valence-corrected chi connectivity index (χ0v) is 12.7. The van der Waals surface area contributed by atoms with Gasteiger partial charge in [0.15, 0.2) is 11.5 Å². The van der Waals surface area contributed by atoms with Crippen molar-refractivity contribution in [3.05, 3.63) is 42.7 Å². The van der Waals surface area contributed by atoms with Crippen LogP contribution in [-0.4, -0.2) is 29.7 Å². The van der Waals surface area contributed by atoms with Gasteiger partial charge in [-0.15, -0.1) is 0 Å². The van der Waals surface area contributed by atoms with Crippen LogP contribution in [0.1, 0.15) is 11.7 Å². The van der Waals surface area contributed by atoms with E-state index in [0.717, 1.165) is 16.5 Å². The van der Waals surface area contributed by atoms with Gasteiger partial charge < -0.3 is 9.47 Å². The molecule has 0 saturated heterocycles. The predicted octanol–water partition coefficient (Wildman–Crippen LogP) is 3.38. The molecule has 0 radical (unpaired) electrons. The SMILES string of the molecule is COc1ccc(-c2cn(C(C)=O)c3ncccc23)cc1OC. The maximum Gasteiger partial charge on any atom is 0.229 e. The number of carbonyl (C=O) groups is 1. The number of aromatic nitrogens is 2. The molecular formula is C17H16N2O3. The molecule has 0 amide bonds. The van der Waals surface area contributed by atoms with Gasteiger partial charge in [0.1, 0.15) is 5.65 Å². The maximum absolute atomic E-state index is 11.8. The molecule has 0 atom stereocenters. The Morgan fingerprint density at radius 3 is 2.59 bits per heavy atom. The highest BCUT2D eigenvalue weighted by Crippen LogP contribution is 2.35. The van der Waals surface area contributed by atoms with Gasteiger partial charge in [0.05, 0.1) is 14.2 Å². The largest absolute Gasteiger partial charge is 0.493 e. The highest BCUT2D eigenvalue weighted by atomic mass is 16.5. The monoisotopic (exact) mass is 296 g/mol. The number of fused-ring (bicyclic) bond motifs is 1. The van der Waals surface area contributed by atoms with E-state index in [1.54, 1.807) is 31.2 Å². The molecule has 112 valence electrons. The van der Waals surface area contributed by atoms with Crippen LogP contribution in [0.2, 0.25) is 0 Å². The fourth-order valence-electron chi connectivity index (χ4n) is 2.53. The van der Waals surface area contributed by atoms with Crippen molar-refractivity contribution in [2.24, 2.45) is 0 Å². The predicted molar refractivity (Wildman–Crippen MR) is 84.6 cm³/mol. The highest BCUT2D eigenvalue weighted by Gasteiger charge is 2.15. The number of nitrogens with zero attached hydrogens (tertiary/aromatic N) is 2. The minimum Gasteiger partial charge on any atom is -0.493 e. The van der Waals surface area contributed by atoms with Gasteiger partial charge in [0, 0.05) is 30.3 Å². The lowest BCUT2D eigenvalue weighted by Gasteiger charge is -2.09. The second kappa shape index (κ2) is 5.52. The second-order valence-corrected chi connectivity index (χ2v) is 4.88. The Hall–Kier alpha value is -2.82. The molecule has 0 saturated carbocycles. The molecule has 5 nitrogen and oxygen atoms in total. The van der Waals surface area contributed by atoms with Crippen LogP contribution in [0.5, 0.6) is 11.5 Å². The molecule has 22 heavy (non-hydrogen) atoms. The molecule has 5 heteroatoms. The molecule has 0 unspecified atom stereocenters. The van der Waals surface area contributed by atoms with Crippen LogP contribution < -0.4 is 9.47 Å². The first-order chi connectivity index (χ1) is 10.7. The first-order valence-corrected chi connectivity index (χ1v) is 6.85. The molecule has 0 aliphatic carbocycles. The van der Waals surface area contributed by atoms with E-state index in [0.29, 0.717) is 17.1 Å². The lowest BCUT2D eigenvalue weighted by molar-refractivity contribution is 0.0941. The molecule has 0 N–H and O–H groups in total. The molecule has 0 spiro atoms. The van der Waals surface area contributed by atoms with Crippen molar-refractivity contribution in [1.29, 1.82) is 0 Å². The molecule has 0 aliphatic heterocycles. The Labute approximate surface area is 128 Å². The third kappa shape index (κ3) is 2.20. The summed E-state index contributed by atoms with van der Waals surface area (Å²) in [5, 5.41) is 0.921. The molecule has 2 aromatic heterocycles. The first-order valence-electron chi connectivity index (χ1n) is 6.85. The third-order valence-electron chi connectivity index (χ3n) is 3.60. The zero-order chi connectivity index (χ0) is 15.7. The van der Waals surface area contributed by atoms with Crippen LogP contribution in [0, 0.1) is 0 Å². The molecule has 3 rings (SSSR count). The summed E-state index contributed by atoms with van der Waals surface area (Å²) in [5.41, 5.74) is 2.52. The van der Waals surface area contributed by atoms with Gasteiger partial charge in [-0.25, -0.2) is 4.98 Å². The van der Waals surface area contributed by atoms with Crippen LogP contribution in [-0.2, 0) is 0 Å². The number of rotatable bonds is 3. The Balaban J connectivity index is 2.24. The second-order valence-electron chi connectivity index (χ2n) is 4.88. The Morgan fingerprint density at radius 2 is 1.91 bits per heavy atom. The third-order valence-corrected chi connectivity index (χ3v) is 3.60. The molecule has 2 heterocycles. The van der Waals surface area contributed by atoms with Crippen LogP contribution >= 0.6 is 0 Å². The van der Waals surface area contributed by atoms with Crippen LogP contribution in [0.3, 0.4) is 0 Å². The van der Waals surface area contributed by atoms with E-state index in [2.05, 4.69) is 4.98 Å². The highest BCUT2D eigenvalue weighted by molar-refractivity contribution is 5.99. The molecule has 3 aromatic rings. The van der Waals surface area contributed by atoms with E-state index < -0.39 is 0 Å². The Bertz CT molecular complexity index is 852. The maximum atomic E-state index is 11.8. The zero-order valence-electron chi connectivity index (χ0n) is 12.7. The fourth-order valence-corrected chi connectivity index (χ4v) is 2.53. The number of methoxy groups -OCH3 is 2. The van der Waals surface area contributed by atoms with Crippen LogP contribution in [0.4, 0.5) is 0 Å². The van der Waals surface area contributed by atoms with Crippen molar-refractivity contribution in [3.63, 3.8) is 0 Å². The van der Waals surface area contributed by atoms with E-state index in [1.807, 2.05) is 30.3 Å². The average molecular weight is 296 g/mol. The minimum absolute atomic E-state index is 0.0737. The lowest BCUT2D eigenvalue weighted by Crippen LogP contribution is -2.03. The van der Waals surface area contributed by atoms with Crippen molar-refractivity contribution in [3.8, 4) is 22.6 Å². The number of pyridine rings is 1. The quantitative estimate of drug-likeness (QED) is 0.743. The lowest BCUT2D eigenvalue weighted by atomic mass is 10.1. The normalized spacial score (nSPS) is 10.7. The number of ether oxygens (including phenoxy) is 2. The fraction of sp³-hybridized carbons (Fsp3) is 0.176. The summed E-state index contributed by atoms with van der Waals surface area (Å²) in [6.45, 7) is 1.52. The molecule has 0 fully saturated rings. The van der Waals surface area contributed by atoms with E-state index in [1.165, 1.54) is 6.92 Å². The summed E-state index contributed by atoms with van der Waals surface area (Å²) in [7, 11) is 3.20. The van der Waals surface area contributed by atoms with Gasteiger partial charge in [0.25, 0.3) is 0 Å². The van der Waals surface area contributed by atoms with Gasteiger partial charge >= 0.3 is 0 Å². The first kappa shape index (κ1) is 14.1. The Kier molecular flexibility index (Phi) is 3.55. The molecule has 0 bridgehead atoms. The summed E-state index contributed by atoms with van der Waals surface area (Å²) >= 11 is 0. The standard InChI is InChI=1S/C17H16N2O3/c1-11(20)19-10-14(13-5-4-8-18-17(13)19)12-6-7-15(21-2)16(9-12)22-3/h4-10H,1-3H3. The summed E-state index contributed by atoms with van der Waals surface area (Å²) < 4.78 is 12.2. The van der Waals surface area contributed by atoms with Gasteiger partial charge in [-0.1, -0.05) is 6.07 Å². The van der Waals surface area contributed by atoms with Crippen molar-refractivity contribution >= 4 is 16.9 Å². The number of hydrogen-bond acceptors (Lipinski definition) is 4. The molecule has 0 aliphatic rings. The van der Waals surface area contributed by atoms with E-state index in [-0.39, 0.29) is 5.91 Å². The van der Waals surface area contributed by atoms with Gasteiger partial charge in [0.2, 0.25) is 5.91 Å². The van der Waals surface area contributed by atoms with Crippen LogP contribution in [0.25, 0.3) is 22.2 Å². The van der Waals surface area contributed by atoms with Crippen molar-refractivity contribution in [1.82, 2.24) is 9.55 Å². The molecular weight excluding hydrogens is 280 g/mol. The summed E-state index contributed by atoms with van der Waals surface area (Å²) in [4.78, 5) is 16.1. The van der Waals surface area contributed by atoms with Gasteiger partial charge in [-0.2, -0.15) is 0 Å². The van der Waals surface area contributed by atoms with Crippen molar-refractivity contribution in [2.45, 2.75) is 6.92 Å². The smallest absolute Gasteiger partial charge is 0.229 e. The number of carbonyl (C=O) groups excluding carboxylic acids is 1. The Morgan fingerprint density at radius 1 is 1.14 bits per heavy atom. The van der Waals surface area contributed by atoms with Crippen LogP contribution in [0.15, 0.2) is 42.7 Å². The van der Waals surface area contributed by atoms with Crippen molar-refractivity contribution in [2.75, 3.05) is 14.2 Å². The minimum atomic E-state index is -0.0737. The summed E-state index contributed by atoms with van der Waals surface area (Å²) in [6.07, 6.45) is 3.49. The molecule has 1 aromatic carbocycles. The number of benzene rings is 1. The summed E-state index contributed by atoms with van der Waals surface area (Å²) in [5.74, 6) is 1.24. The van der Waals surface area contributed by atoms with E-state index >= 15 is 0 Å². The van der Waals surface area contributed by atoms with E-state index in [4.69, 9.17) is 9.47 Å². The van der Waals surface area contributed by atoms with E-state index in [9.17, 15) is 4.79 Å². The van der Waals surface area contributed by atoms with Gasteiger partial charge in [-0.3, -0.25) is 9.36 Å². The average Bonchev–Trinajstić information content (AvgIpc) is 2.94.